The van der Waals surface area contributed by atoms with Gasteiger partial charge in [0.15, 0.2) is 0 Å². The lowest BCUT2D eigenvalue weighted by Crippen LogP contribution is -2.21. The van der Waals surface area contributed by atoms with E-state index in [4.69, 9.17) is 21.1 Å². The second-order valence-corrected chi connectivity index (χ2v) is 8.36. The summed E-state index contributed by atoms with van der Waals surface area (Å²) in [6.07, 6.45) is 4.40. The van der Waals surface area contributed by atoms with Crippen LogP contribution in [0.2, 0.25) is 5.02 Å². The molecule has 158 valence electrons. The zero-order valence-electron chi connectivity index (χ0n) is 18.2. The van der Waals surface area contributed by atoms with Crippen LogP contribution in [0, 0.1) is 0 Å². The Morgan fingerprint density at radius 3 is 2.20 bits per heavy atom. The molecule has 30 heavy (non-hydrogen) atoms. The van der Waals surface area contributed by atoms with Crippen LogP contribution in [0.3, 0.4) is 0 Å². The summed E-state index contributed by atoms with van der Waals surface area (Å²) in [6.45, 7) is 7.26. The van der Waals surface area contributed by atoms with Crippen LogP contribution in [0.15, 0.2) is 72.8 Å². The third-order valence-electron chi connectivity index (χ3n) is 5.78. The van der Waals surface area contributed by atoms with Crippen molar-refractivity contribution < 1.29 is 9.47 Å². The SMILES string of the molecule is CCOc1ccc(Oc2cccc(CCCC(C)(CC)c3ccc(Cl)cc3)c2)cc1. The maximum Gasteiger partial charge on any atom is 0.127 e. The number of rotatable bonds is 10. The molecule has 0 heterocycles. The number of hydrogen-bond acceptors (Lipinski definition) is 2. The molecule has 1 unspecified atom stereocenters. The molecule has 0 aliphatic heterocycles. The minimum absolute atomic E-state index is 0.168. The molecular formula is C27H31ClO2. The van der Waals surface area contributed by atoms with Crippen LogP contribution in [0.4, 0.5) is 0 Å². The average Bonchev–Trinajstić information content (AvgIpc) is 2.76. The second kappa shape index (κ2) is 10.5. The quantitative estimate of drug-likeness (QED) is 0.327. The predicted octanol–water partition coefficient (Wildman–Crippen LogP) is 8.22. The van der Waals surface area contributed by atoms with E-state index in [1.807, 2.05) is 49.4 Å². The van der Waals surface area contributed by atoms with E-state index in [1.165, 1.54) is 11.1 Å². The van der Waals surface area contributed by atoms with Crippen molar-refractivity contribution in [2.75, 3.05) is 6.61 Å². The van der Waals surface area contributed by atoms with Gasteiger partial charge < -0.3 is 9.47 Å². The molecule has 0 spiro atoms. The number of aryl methyl sites for hydroxylation is 1. The van der Waals surface area contributed by atoms with E-state index < -0.39 is 0 Å². The molecule has 1 atom stereocenters. The Kier molecular flexibility index (Phi) is 7.81. The molecule has 0 bridgehead atoms. The van der Waals surface area contributed by atoms with Crippen molar-refractivity contribution in [2.45, 2.75) is 51.9 Å². The van der Waals surface area contributed by atoms with E-state index in [0.717, 1.165) is 48.0 Å². The molecule has 0 aliphatic carbocycles. The van der Waals surface area contributed by atoms with E-state index in [-0.39, 0.29) is 5.41 Å². The van der Waals surface area contributed by atoms with Gasteiger partial charge in [-0.05, 0) is 97.7 Å². The summed E-state index contributed by atoms with van der Waals surface area (Å²) in [5.74, 6) is 2.54. The van der Waals surface area contributed by atoms with E-state index in [2.05, 4.69) is 44.2 Å². The van der Waals surface area contributed by atoms with Gasteiger partial charge in [-0.25, -0.2) is 0 Å². The highest BCUT2D eigenvalue weighted by molar-refractivity contribution is 6.30. The van der Waals surface area contributed by atoms with Crippen molar-refractivity contribution in [1.82, 2.24) is 0 Å². The van der Waals surface area contributed by atoms with Gasteiger partial charge >= 0.3 is 0 Å². The molecule has 3 aromatic rings. The summed E-state index contributed by atoms with van der Waals surface area (Å²) in [6, 6.07) is 24.5. The normalized spacial score (nSPS) is 12.9. The van der Waals surface area contributed by atoms with E-state index >= 15 is 0 Å². The van der Waals surface area contributed by atoms with Crippen molar-refractivity contribution in [2.24, 2.45) is 0 Å². The fourth-order valence-corrected chi connectivity index (χ4v) is 3.86. The third kappa shape index (κ3) is 6.03. The molecule has 0 aromatic heterocycles. The number of hydrogen-bond donors (Lipinski definition) is 0. The molecule has 0 amide bonds. The first-order valence-corrected chi connectivity index (χ1v) is 11.2. The van der Waals surface area contributed by atoms with Crippen molar-refractivity contribution >= 4 is 11.6 Å². The second-order valence-electron chi connectivity index (χ2n) is 7.93. The Balaban J connectivity index is 1.58. The molecule has 0 aliphatic rings. The summed E-state index contributed by atoms with van der Waals surface area (Å²) in [7, 11) is 0. The van der Waals surface area contributed by atoms with Crippen LogP contribution >= 0.6 is 11.6 Å². The first kappa shape index (κ1) is 22.2. The minimum Gasteiger partial charge on any atom is -0.494 e. The molecule has 3 rings (SSSR count). The number of ether oxygens (including phenoxy) is 2. The lowest BCUT2D eigenvalue weighted by Gasteiger charge is -2.29. The lowest BCUT2D eigenvalue weighted by molar-refractivity contribution is 0.339. The fourth-order valence-electron chi connectivity index (χ4n) is 3.73. The van der Waals surface area contributed by atoms with Gasteiger partial charge in [0.05, 0.1) is 6.61 Å². The summed E-state index contributed by atoms with van der Waals surface area (Å²) >= 11 is 6.07. The molecule has 0 fully saturated rings. The van der Waals surface area contributed by atoms with Crippen molar-refractivity contribution in [3.8, 4) is 17.2 Å². The molecule has 3 heteroatoms. The molecule has 2 nitrogen and oxygen atoms in total. The zero-order valence-corrected chi connectivity index (χ0v) is 18.9. The van der Waals surface area contributed by atoms with Crippen LogP contribution < -0.4 is 9.47 Å². The van der Waals surface area contributed by atoms with Crippen LogP contribution in [0.25, 0.3) is 0 Å². The Labute approximate surface area is 185 Å². The molecular weight excluding hydrogens is 392 g/mol. The van der Waals surface area contributed by atoms with Gasteiger partial charge in [-0.3, -0.25) is 0 Å². The van der Waals surface area contributed by atoms with Crippen LogP contribution in [0.5, 0.6) is 17.2 Å². The Bertz CT molecular complexity index is 918. The molecule has 0 saturated carbocycles. The van der Waals surface area contributed by atoms with Gasteiger partial charge in [-0.2, -0.15) is 0 Å². The largest absolute Gasteiger partial charge is 0.494 e. The lowest BCUT2D eigenvalue weighted by atomic mass is 9.76. The first-order valence-electron chi connectivity index (χ1n) is 10.8. The van der Waals surface area contributed by atoms with Crippen LogP contribution in [-0.2, 0) is 11.8 Å². The standard InChI is InChI=1S/C27H31ClO2/c1-4-27(3,22-11-13-23(28)14-12-22)19-7-9-21-8-6-10-26(20-21)30-25-17-15-24(16-18-25)29-5-2/h6,8,10-18,20H,4-5,7,9,19H2,1-3H3. The monoisotopic (exact) mass is 422 g/mol. The number of benzene rings is 3. The molecule has 3 aromatic carbocycles. The topological polar surface area (TPSA) is 18.5 Å². The summed E-state index contributed by atoms with van der Waals surface area (Å²) in [4.78, 5) is 0. The Hall–Kier alpha value is -2.45. The summed E-state index contributed by atoms with van der Waals surface area (Å²) < 4.78 is 11.5. The van der Waals surface area contributed by atoms with Crippen LogP contribution in [0.1, 0.15) is 51.2 Å². The Morgan fingerprint density at radius 1 is 0.833 bits per heavy atom. The number of halogens is 1. The van der Waals surface area contributed by atoms with E-state index in [0.29, 0.717) is 6.61 Å². The first-order chi connectivity index (χ1) is 14.5. The maximum atomic E-state index is 6.07. The average molecular weight is 423 g/mol. The summed E-state index contributed by atoms with van der Waals surface area (Å²) in [5.41, 5.74) is 2.83. The predicted molar refractivity (Wildman–Crippen MR) is 126 cm³/mol. The van der Waals surface area contributed by atoms with Gasteiger partial charge in [-0.1, -0.05) is 49.7 Å². The Morgan fingerprint density at radius 2 is 1.53 bits per heavy atom. The van der Waals surface area contributed by atoms with Crippen molar-refractivity contribution in [3.05, 3.63) is 88.9 Å². The highest BCUT2D eigenvalue weighted by atomic mass is 35.5. The zero-order chi connectivity index (χ0) is 21.4. The highest BCUT2D eigenvalue weighted by Crippen LogP contribution is 2.34. The molecule has 0 saturated heterocycles. The van der Waals surface area contributed by atoms with E-state index in [9.17, 15) is 0 Å². The smallest absolute Gasteiger partial charge is 0.127 e. The van der Waals surface area contributed by atoms with Crippen LogP contribution in [-0.4, -0.2) is 6.61 Å². The fraction of sp³-hybridized carbons (Fsp3) is 0.333. The minimum atomic E-state index is 0.168. The molecule has 0 N–H and O–H groups in total. The third-order valence-corrected chi connectivity index (χ3v) is 6.04. The van der Waals surface area contributed by atoms with Gasteiger partial charge in [0, 0.05) is 5.02 Å². The van der Waals surface area contributed by atoms with E-state index in [1.54, 1.807) is 0 Å². The highest BCUT2D eigenvalue weighted by Gasteiger charge is 2.23. The van der Waals surface area contributed by atoms with Gasteiger partial charge in [-0.15, -0.1) is 0 Å². The van der Waals surface area contributed by atoms with Gasteiger partial charge in [0.1, 0.15) is 17.2 Å². The van der Waals surface area contributed by atoms with Gasteiger partial charge in [0.25, 0.3) is 0 Å². The maximum absolute atomic E-state index is 6.07. The molecule has 0 radical (unpaired) electrons. The summed E-state index contributed by atoms with van der Waals surface area (Å²) in [5, 5.41) is 0.793. The van der Waals surface area contributed by atoms with Crippen molar-refractivity contribution in [1.29, 1.82) is 0 Å². The van der Waals surface area contributed by atoms with Gasteiger partial charge in [0.2, 0.25) is 0 Å². The van der Waals surface area contributed by atoms with Crippen molar-refractivity contribution in [3.63, 3.8) is 0 Å².